The van der Waals surface area contributed by atoms with Crippen LogP contribution >= 0.6 is 0 Å². The Morgan fingerprint density at radius 1 is 1.11 bits per heavy atom. The van der Waals surface area contributed by atoms with Crippen LogP contribution < -0.4 is 10.6 Å². The molecule has 110 valence electrons. The second kappa shape index (κ2) is 10.2. The lowest BCUT2D eigenvalue weighted by Gasteiger charge is -2.14. The zero-order valence-corrected chi connectivity index (χ0v) is 11.1. The van der Waals surface area contributed by atoms with E-state index in [0.717, 1.165) is 19.3 Å². The molecule has 0 spiro atoms. The molecule has 0 fully saturated rings. The van der Waals surface area contributed by atoms with Crippen LogP contribution in [0.4, 0.5) is 4.79 Å². The molecule has 0 saturated carbocycles. The first-order valence-electron chi connectivity index (χ1n) is 6.46. The summed E-state index contributed by atoms with van der Waals surface area (Å²) in [5, 5.41) is 22.2. The van der Waals surface area contributed by atoms with Gasteiger partial charge in [0.1, 0.15) is 6.04 Å². The number of amides is 2. The number of nitrogens with one attached hydrogen (secondary N) is 2. The fraction of sp³-hybridized carbons (Fsp3) is 0.750. The van der Waals surface area contributed by atoms with Crippen LogP contribution in [0.1, 0.15) is 45.4 Å². The highest BCUT2D eigenvalue weighted by Gasteiger charge is 2.18. The minimum Gasteiger partial charge on any atom is -0.481 e. The summed E-state index contributed by atoms with van der Waals surface area (Å²) in [6.07, 6.45) is 3.33. The molecule has 0 aliphatic carbocycles. The summed E-state index contributed by atoms with van der Waals surface area (Å²) in [5.41, 5.74) is 0. The molecule has 0 heterocycles. The monoisotopic (exact) mass is 274 g/mol. The highest BCUT2D eigenvalue weighted by molar-refractivity contribution is 5.82. The third-order valence-corrected chi connectivity index (χ3v) is 2.55. The lowest BCUT2D eigenvalue weighted by molar-refractivity contribution is -0.139. The van der Waals surface area contributed by atoms with E-state index in [1.54, 1.807) is 0 Å². The van der Waals surface area contributed by atoms with Gasteiger partial charge in [0.05, 0.1) is 0 Å². The molecule has 4 N–H and O–H groups in total. The number of rotatable bonds is 10. The SMILES string of the molecule is CCCCC[C@H](NC(=O)NCCCC(=O)O)C(=O)O. The molecule has 1 atom stereocenters. The van der Waals surface area contributed by atoms with Crippen molar-refractivity contribution in [3.8, 4) is 0 Å². The Balaban J connectivity index is 3.89. The smallest absolute Gasteiger partial charge is 0.326 e. The van der Waals surface area contributed by atoms with E-state index in [9.17, 15) is 14.4 Å². The average molecular weight is 274 g/mol. The van der Waals surface area contributed by atoms with Crippen molar-refractivity contribution >= 4 is 18.0 Å². The number of urea groups is 1. The molecule has 19 heavy (non-hydrogen) atoms. The van der Waals surface area contributed by atoms with Gasteiger partial charge in [-0.05, 0) is 12.8 Å². The zero-order chi connectivity index (χ0) is 14.7. The van der Waals surface area contributed by atoms with Crippen LogP contribution in [0.15, 0.2) is 0 Å². The van der Waals surface area contributed by atoms with Gasteiger partial charge in [0, 0.05) is 13.0 Å². The number of hydrogen-bond donors (Lipinski definition) is 4. The predicted octanol–water partition coefficient (Wildman–Crippen LogP) is 1.18. The molecular weight excluding hydrogens is 252 g/mol. The van der Waals surface area contributed by atoms with Crippen molar-refractivity contribution in [1.29, 1.82) is 0 Å². The number of carboxylic acid groups (broad SMARTS) is 2. The summed E-state index contributed by atoms with van der Waals surface area (Å²) in [7, 11) is 0. The van der Waals surface area contributed by atoms with Gasteiger partial charge in [0.2, 0.25) is 0 Å². The Morgan fingerprint density at radius 2 is 1.79 bits per heavy atom. The fourth-order valence-corrected chi connectivity index (χ4v) is 1.51. The van der Waals surface area contributed by atoms with Crippen molar-refractivity contribution in [2.24, 2.45) is 0 Å². The first-order valence-corrected chi connectivity index (χ1v) is 6.46. The fourth-order valence-electron chi connectivity index (χ4n) is 1.51. The van der Waals surface area contributed by atoms with Crippen LogP contribution in [-0.2, 0) is 9.59 Å². The summed E-state index contributed by atoms with van der Waals surface area (Å²) < 4.78 is 0. The van der Waals surface area contributed by atoms with Crippen LogP contribution in [0.25, 0.3) is 0 Å². The highest BCUT2D eigenvalue weighted by atomic mass is 16.4. The minimum absolute atomic E-state index is 0.0286. The molecule has 0 aromatic carbocycles. The van der Waals surface area contributed by atoms with Crippen molar-refractivity contribution in [1.82, 2.24) is 10.6 Å². The maximum Gasteiger partial charge on any atom is 0.326 e. The van der Waals surface area contributed by atoms with E-state index in [-0.39, 0.29) is 13.0 Å². The van der Waals surface area contributed by atoms with E-state index in [4.69, 9.17) is 10.2 Å². The van der Waals surface area contributed by atoms with E-state index >= 15 is 0 Å². The summed E-state index contributed by atoms with van der Waals surface area (Å²) in [6.45, 7) is 2.22. The maximum absolute atomic E-state index is 11.4. The first kappa shape index (κ1) is 17.2. The summed E-state index contributed by atoms with van der Waals surface area (Å²) in [6, 6.07) is -1.47. The molecule has 0 unspecified atom stereocenters. The molecule has 0 rings (SSSR count). The van der Waals surface area contributed by atoms with Gasteiger partial charge in [-0.15, -0.1) is 0 Å². The number of carbonyl (C=O) groups is 3. The molecule has 7 heteroatoms. The van der Waals surface area contributed by atoms with E-state index in [1.807, 2.05) is 6.92 Å². The third kappa shape index (κ3) is 9.87. The van der Waals surface area contributed by atoms with E-state index < -0.39 is 24.0 Å². The van der Waals surface area contributed by atoms with E-state index in [1.165, 1.54) is 0 Å². The topological polar surface area (TPSA) is 116 Å². The Bertz CT molecular complexity index is 306. The van der Waals surface area contributed by atoms with Crippen molar-refractivity contribution in [2.45, 2.75) is 51.5 Å². The lowest BCUT2D eigenvalue weighted by atomic mass is 10.1. The largest absolute Gasteiger partial charge is 0.481 e. The Morgan fingerprint density at radius 3 is 2.32 bits per heavy atom. The van der Waals surface area contributed by atoms with Crippen molar-refractivity contribution in [3.63, 3.8) is 0 Å². The molecule has 0 bridgehead atoms. The minimum atomic E-state index is -1.06. The van der Waals surface area contributed by atoms with E-state index in [2.05, 4.69) is 10.6 Å². The van der Waals surface area contributed by atoms with Crippen molar-refractivity contribution in [2.75, 3.05) is 6.54 Å². The molecule has 2 amide bonds. The van der Waals surface area contributed by atoms with Gasteiger partial charge in [0.25, 0.3) is 0 Å². The molecule has 0 aliphatic heterocycles. The van der Waals surface area contributed by atoms with Gasteiger partial charge < -0.3 is 20.8 Å². The molecular formula is C12H22N2O5. The number of hydrogen-bond acceptors (Lipinski definition) is 3. The number of unbranched alkanes of at least 4 members (excludes halogenated alkanes) is 2. The quantitative estimate of drug-likeness (QED) is 0.446. The molecule has 0 aliphatic rings. The van der Waals surface area contributed by atoms with Crippen LogP contribution in [0.2, 0.25) is 0 Å². The molecule has 7 nitrogen and oxygen atoms in total. The molecule has 0 aromatic heterocycles. The Hall–Kier alpha value is -1.79. The highest BCUT2D eigenvalue weighted by Crippen LogP contribution is 2.03. The molecule has 0 aromatic rings. The van der Waals surface area contributed by atoms with Crippen LogP contribution in [0, 0.1) is 0 Å². The second-order valence-electron chi connectivity index (χ2n) is 4.28. The summed E-state index contributed by atoms with van der Waals surface area (Å²) in [4.78, 5) is 32.6. The van der Waals surface area contributed by atoms with Gasteiger partial charge in [-0.25, -0.2) is 9.59 Å². The van der Waals surface area contributed by atoms with Crippen LogP contribution in [0.5, 0.6) is 0 Å². The molecule has 0 saturated heterocycles. The van der Waals surface area contributed by atoms with Crippen LogP contribution in [-0.4, -0.2) is 40.8 Å². The summed E-state index contributed by atoms with van der Waals surface area (Å²) in [5.74, 6) is -1.98. The number of aliphatic carboxylic acids is 2. The standard InChI is InChI=1S/C12H22N2O5/c1-2-3-4-6-9(11(17)18)14-12(19)13-8-5-7-10(15)16/h9H,2-8H2,1H3,(H,15,16)(H,17,18)(H2,13,14,19)/t9-/m0/s1. The number of carboxylic acids is 2. The Labute approximate surface area is 112 Å². The normalized spacial score (nSPS) is 11.6. The predicted molar refractivity (Wildman–Crippen MR) is 69.0 cm³/mol. The lowest BCUT2D eigenvalue weighted by Crippen LogP contribution is -2.46. The first-order chi connectivity index (χ1) is 8.97. The van der Waals surface area contributed by atoms with E-state index in [0.29, 0.717) is 12.8 Å². The van der Waals surface area contributed by atoms with Gasteiger partial charge in [-0.1, -0.05) is 26.2 Å². The second-order valence-corrected chi connectivity index (χ2v) is 4.28. The van der Waals surface area contributed by atoms with Gasteiger partial charge in [0.15, 0.2) is 0 Å². The van der Waals surface area contributed by atoms with Gasteiger partial charge >= 0.3 is 18.0 Å². The number of carbonyl (C=O) groups excluding carboxylic acids is 1. The molecule has 0 radical (unpaired) electrons. The van der Waals surface area contributed by atoms with Crippen molar-refractivity contribution in [3.05, 3.63) is 0 Å². The zero-order valence-electron chi connectivity index (χ0n) is 11.1. The average Bonchev–Trinajstić information content (AvgIpc) is 2.33. The van der Waals surface area contributed by atoms with Gasteiger partial charge in [-0.3, -0.25) is 4.79 Å². The van der Waals surface area contributed by atoms with Crippen LogP contribution in [0.3, 0.4) is 0 Å². The van der Waals surface area contributed by atoms with Crippen molar-refractivity contribution < 1.29 is 24.6 Å². The maximum atomic E-state index is 11.4. The Kier molecular flexibility index (Phi) is 9.20. The van der Waals surface area contributed by atoms with Gasteiger partial charge in [-0.2, -0.15) is 0 Å². The summed E-state index contributed by atoms with van der Waals surface area (Å²) >= 11 is 0. The third-order valence-electron chi connectivity index (χ3n) is 2.55.